The van der Waals surface area contributed by atoms with Gasteiger partial charge in [0.05, 0.1) is 21.6 Å². The van der Waals surface area contributed by atoms with Gasteiger partial charge in [0.25, 0.3) is 0 Å². The van der Waals surface area contributed by atoms with E-state index in [4.69, 9.17) is 27.3 Å². The van der Waals surface area contributed by atoms with Crippen LogP contribution in [0.5, 0.6) is 0 Å². The highest BCUT2D eigenvalue weighted by molar-refractivity contribution is 7.92. The Balaban J connectivity index is 0.00000114. The lowest BCUT2D eigenvalue weighted by Crippen LogP contribution is -2.29. The number of aryl methyl sites for hydroxylation is 1. The first-order valence-electron chi connectivity index (χ1n) is 8.45. The molecule has 3 aromatic rings. The van der Waals surface area contributed by atoms with Crippen LogP contribution < -0.4 is 33.1 Å². The van der Waals surface area contributed by atoms with Crippen molar-refractivity contribution in [1.29, 1.82) is 5.41 Å². The molecule has 3 rings (SSSR count). The van der Waals surface area contributed by atoms with Crippen LogP contribution in [0.1, 0.15) is 10.6 Å². The predicted molar refractivity (Wildman–Crippen MR) is 124 cm³/mol. The molecule has 0 aliphatic carbocycles. The van der Waals surface area contributed by atoms with E-state index < -0.39 is 35.7 Å². The molecule has 0 bridgehead atoms. The van der Waals surface area contributed by atoms with E-state index in [1.54, 1.807) is 12.1 Å². The summed E-state index contributed by atoms with van der Waals surface area (Å²) >= 11 is 1.44. The minimum absolute atomic E-state index is 0.244. The third-order valence-electron chi connectivity index (χ3n) is 3.97. The lowest BCUT2D eigenvalue weighted by Gasteiger charge is -2.17. The predicted octanol–water partition coefficient (Wildman–Crippen LogP) is -0.798. The normalized spacial score (nSPS) is 12.2. The maximum atomic E-state index is 12.4. The van der Waals surface area contributed by atoms with Crippen molar-refractivity contribution >= 4 is 53.8 Å². The van der Waals surface area contributed by atoms with Crippen LogP contribution in [0.15, 0.2) is 45.2 Å². The second-order valence-electron chi connectivity index (χ2n) is 6.08. The number of benzene rings is 2. The smallest absolute Gasteiger partial charge is 0.240 e. The van der Waals surface area contributed by atoms with E-state index in [0.717, 1.165) is 22.1 Å². The summed E-state index contributed by atoms with van der Waals surface area (Å²) in [5.74, 6) is 4.78. The summed E-state index contributed by atoms with van der Waals surface area (Å²) in [7, 11) is -9.06. The summed E-state index contributed by atoms with van der Waals surface area (Å²) in [6.07, 6.45) is 0.750. The number of nitrogens with zero attached hydrogens (tertiary/aromatic N) is 2. The van der Waals surface area contributed by atoms with E-state index in [-0.39, 0.29) is 11.1 Å². The van der Waals surface area contributed by atoms with Crippen molar-refractivity contribution < 1.29 is 16.8 Å². The molecule has 0 amide bonds. The van der Waals surface area contributed by atoms with Gasteiger partial charge in [0.1, 0.15) is 9.79 Å². The minimum atomic E-state index is -4.60. The van der Waals surface area contributed by atoms with Crippen LogP contribution in [0.3, 0.4) is 0 Å². The van der Waals surface area contributed by atoms with E-state index in [2.05, 4.69) is 15.8 Å². The molecular formula is C16H21N9O4S3. The highest BCUT2D eigenvalue weighted by atomic mass is 32.2. The van der Waals surface area contributed by atoms with Crippen LogP contribution >= 0.6 is 11.3 Å². The second kappa shape index (κ2) is 9.55. The number of hydrazine groups is 1. The Hall–Kier alpha value is -3.15. The van der Waals surface area contributed by atoms with Crippen molar-refractivity contribution in [3.63, 3.8) is 0 Å². The Morgan fingerprint density at radius 3 is 2.28 bits per heavy atom. The van der Waals surface area contributed by atoms with Gasteiger partial charge < -0.3 is 11.5 Å². The number of nitrogens with two attached hydrogens (primary N) is 5. The van der Waals surface area contributed by atoms with Gasteiger partial charge in [0.15, 0.2) is 5.84 Å². The third kappa shape index (κ3) is 5.18. The first-order chi connectivity index (χ1) is 14.9. The Labute approximate surface area is 187 Å². The average molecular weight is 500 g/mol. The number of hydrogen-bond acceptors (Lipinski definition) is 10. The zero-order chi connectivity index (χ0) is 24.3. The van der Waals surface area contributed by atoms with E-state index >= 15 is 0 Å². The van der Waals surface area contributed by atoms with Gasteiger partial charge in [0, 0.05) is 11.1 Å². The minimum Gasteiger partial charge on any atom is -0.390 e. The first-order valence-corrected chi connectivity index (χ1v) is 12.4. The summed E-state index contributed by atoms with van der Waals surface area (Å²) in [4.78, 5) is 2.98. The third-order valence-corrected chi connectivity index (χ3v) is 6.98. The molecule has 13 nitrogen and oxygen atoms in total. The number of primary sulfonamides is 2. The number of aromatic nitrogens is 1. The van der Waals surface area contributed by atoms with Crippen LogP contribution in [0.25, 0.3) is 21.3 Å². The number of hydrazone groups is 1. The number of fused-ring (bicyclic) bond motifs is 1. The first kappa shape index (κ1) is 25.1. The van der Waals surface area contributed by atoms with Crippen molar-refractivity contribution in [3.05, 3.63) is 40.9 Å². The molecule has 32 heavy (non-hydrogen) atoms. The highest BCUT2D eigenvalue weighted by Gasteiger charge is 2.30. The van der Waals surface area contributed by atoms with E-state index in [9.17, 15) is 16.8 Å². The Kier molecular flexibility index (Phi) is 7.50. The van der Waals surface area contributed by atoms with Gasteiger partial charge in [-0.2, -0.15) is 0 Å². The van der Waals surface area contributed by atoms with Crippen molar-refractivity contribution in [2.45, 2.75) is 16.7 Å². The van der Waals surface area contributed by atoms with Crippen molar-refractivity contribution in [2.24, 2.45) is 32.7 Å². The number of rotatable bonds is 5. The van der Waals surface area contributed by atoms with Crippen LogP contribution in [0, 0.1) is 12.3 Å². The maximum absolute atomic E-state index is 12.4. The number of sulfonamides is 2. The molecule has 0 saturated heterocycles. The Bertz CT molecular complexity index is 1410. The van der Waals surface area contributed by atoms with Crippen molar-refractivity contribution in [3.8, 4) is 11.1 Å². The molecule has 0 saturated carbocycles. The number of para-hydroxylation sites is 1. The number of amidine groups is 1. The van der Waals surface area contributed by atoms with Gasteiger partial charge in [-0.25, -0.2) is 43.5 Å². The molecule has 0 fully saturated rings. The van der Waals surface area contributed by atoms with Crippen LogP contribution in [0.4, 0.5) is 0 Å². The molecule has 12 N–H and O–H groups in total. The zero-order valence-corrected chi connectivity index (χ0v) is 19.1. The summed E-state index contributed by atoms with van der Waals surface area (Å²) in [6.45, 7) is 1.82. The summed E-state index contributed by atoms with van der Waals surface area (Å²) in [5, 5.41) is 20.8. The summed E-state index contributed by atoms with van der Waals surface area (Å²) < 4.78 is 49.6. The lowest BCUT2D eigenvalue weighted by atomic mass is 9.98. The van der Waals surface area contributed by atoms with Crippen LogP contribution in [0.2, 0.25) is 0 Å². The zero-order valence-electron chi connectivity index (χ0n) is 16.6. The topological polar surface area (TPSA) is 260 Å². The molecule has 0 spiro atoms. The molecule has 1 heterocycles. The Morgan fingerprint density at radius 2 is 1.75 bits per heavy atom. The molecule has 0 aliphatic heterocycles. The number of nitrogens with one attached hydrogen (secondary N) is 2. The van der Waals surface area contributed by atoms with Gasteiger partial charge in [0.2, 0.25) is 20.0 Å². The van der Waals surface area contributed by atoms with Gasteiger partial charge in [-0.3, -0.25) is 5.41 Å². The molecule has 172 valence electrons. The maximum Gasteiger partial charge on any atom is 0.240 e. The summed E-state index contributed by atoms with van der Waals surface area (Å²) in [6, 6.07) is 7.70. The number of hydrogen-bond donors (Lipinski definition) is 7. The van der Waals surface area contributed by atoms with Gasteiger partial charge in [-0.1, -0.05) is 18.2 Å². The average Bonchev–Trinajstić information content (AvgIpc) is 3.06. The fourth-order valence-electron chi connectivity index (χ4n) is 2.95. The molecule has 0 aliphatic rings. The lowest BCUT2D eigenvalue weighted by molar-refractivity contribution is 0.584. The molecular weight excluding hydrogens is 478 g/mol. The quantitative estimate of drug-likeness (QED) is 0.100. The van der Waals surface area contributed by atoms with E-state index in [1.165, 1.54) is 17.4 Å². The molecule has 1 aromatic heterocycles. The molecule has 0 unspecified atom stereocenters. The fraction of sp³-hybridized carbons (Fsp3) is 0.0625. The van der Waals surface area contributed by atoms with Crippen LogP contribution in [-0.4, -0.2) is 34.0 Å². The largest absolute Gasteiger partial charge is 0.390 e. The van der Waals surface area contributed by atoms with Gasteiger partial charge in [-0.05, 0) is 24.6 Å². The van der Waals surface area contributed by atoms with Crippen LogP contribution in [-0.2, 0) is 20.0 Å². The number of thiazole rings is 1. The molecule has 16 heteroatoms. The van der Waals surface area contributed by atoms with Gasteiger partial charge in [-0.15, -0.1) is 16.4 Å². The molecule has 0 radical (unpaired) electrons. The Morgan fingerprint density at radius 1 is 1.12 bits per heavy atom. The monoisotopic (exact) mass is 499 g/mol. The summed E-state index contributed by atoms with van der Waals surface area (Å²) in [5.41, 5.74) is 13.4. The SMILES string of the molecule is Cc1nc2c(-c3ccc(S(N)(=O)=O)c(S(N)(=O)=O)c3/C(N)=N/NN)cccc2s1.N=CN. The van der Waals surface area contributed by atoms with Gasteiger partial charge >= 0.3 is 0 Å². The second-order valence-corrected chi connectivity index (χ2v) is 10.3. The van der Waals surface area contributed by atoms with E-state index in [1.807, 2.05) is 18.5 Å². The standard InChI is InChI=1S/C15H17N7O4S3.CH4N2/c1-7-20-13-9(3-2-4-10(13)27-7)8-5-6-11(28(18,23)24)14(29(19,25)26)12(8)15(16)21-22-17;2-1-3/h2-6,22H,17H2,1H3,(H2,16,21)(H2,18,23,24)(H2,19,25,26);1H,(H3,2,3). The van der Waals surface area contributed by atoms with E-state index in [0.29, 0.717) is 11.1 Å². The van der Waals surface area contributed by atoms with Crippen molar-refractivity contribution in [1.82, 2.24) is 10.5 Å². The highest BCUT2D eigenvalue weighted by Crippen LogP contribution is 2.37. The fourth-order valence-corrected chi connectivity index (χ4v) is 5.97. The molecule has 0 atom stereocenters. The molecule has 2 aromatic carbocycles. The van der Waals surface area contributed by atoms with Crippen molar-refractivity contribution in [2.75, 3.05) is 0 Å².